The molecule has 0 amide bonds. The number of hydrogen-bond acceptors (Lipinski definition) is 2. The van der Waals surface area contributed by atoms with Crippen molar-refractivity contribution in [2.45, 2.75) is 39.7 Å². The second-order valence-corrected chi connectivity index (χ2v) is 6.48. The van der Waals surface area contributed by atoms with Crippen molar-refractivity contribution in [2.24, 2.45) is 7.05 Å². The smallest absolute Gasteiger partial charge is 0.0628 e. The van der Waals surface area contributed by atoms with Crippen LogP contribution in [-0.4, -0.2) is 22.4 Å². The fourth-order valence-electron chi connectivity index (χ4n) is 2.81. The van der Waals surface area contributed by atoms with Crippen molar-refractivity contribution in [2.75, 3.05) is 6.54 Å². The van der Waals surface area contributed by atoms with E-state index in [2.05, 4.69) is 71.4 Å². The first-order chi connectivity index (χ1) is 10.0. The Balaban J connectivity index is 2.15. The lowest BCUT2D eigenvalue weighted by molar-refractivity contribution is 0.519. The predicted octanol–water partition coefficient (Wildman–Crippen LogP) is 3.56. The standard InChI is InChI=1S/C17H24BrN3/c1-5-19-16(10-14-7-6-8-15(18)9-14)11-17-12(2)20-21(4)13(17)3/h6-9,16,19H,5,10-11H2,1-4H3. The molecule has 1 aromatic carbocycles. The lowest BCUT2D eigenvalue weighted by Crippen LogP contribution is -2.33. The van der Waals surface area contributed by atoms with Gasteiger partial charge in [-0.25, -0.2) is 0 Å². The van der Waals surface area contributed by atoms with E-state index in [9.17, 15) is 0 Å². The van der Waals surface area contributed by atoms with Crippen molar-refractivity contribution < 1.29 is 0 Å². The molecule has 1 atom stereocenters. The fourth-order valence-corrected chi connectivity index (χ4v) is 3.26. The van der Waals surface area contributed by atoms with Gasteiger partial charge < -0.3 is 5.32 Å². The van der Waals surface area contributed by atoms with Crippen LogP contribution in [0.5, 0.6) is 0 Å². The maximum absolute atomic E-state index is 4.53. The summed E-state index contributed by atoms with van der Waals surface area (Å²) in [7, 11) is 2.02. The minimum absolute atomic E-state index is 0.436. The summed E-state index contributed by atoms with van der Waals surface area (Å²) in [4.78, 5) is 0. The number of rotatable bonds is 6. The third-order valence-electron chi connectivity index (χ3n) is 3.97. The number of halogens is 1. The van der Waals surface area contributed by atoms with Gasteiger partial charge in [-0.15, -0.1) is 0 Å². The van der Waals surface area contributed by atoms with Crippen LogP contribution in [0.2, 0.25) is 0 Å². The van der Waals surface area contributed by atoms with Gasteiger partial charge in [0.2, 0.25) is 0 Å². The van der Waals surface area contributed by atoms with Gasteiger partial charge in [-0.1, -0.05) is 35.0 Å². The Morgan fingerprint density at radius 3 is 2.62 bits per heavy atom. The van der Waals surface area contributed by atoms with Gasteiger partial charge >= 0.3 is 0 Å². The zero-order valence-electron chi connectivity index (χ0n) is 13.3. The van der Waals surface area contributed by atoms with Crippen LogP contribution in [-0.2, 0) is 19.9 Å². The third-order valence-corrected chi connectivity index (χ3v) is 4.47. The topological polar surface area (TPSA) is 29.9 Å². The number of aryl methyl sites for hydroxylation is 2. The molecule has 1 aromatic heterocycles. The van der Waals surface area contributed by atoms with Crippen LogP contribution in [0.15, 0.2) is 28.7 Å². The number of benzene rings is 1. The highest BCUT2D eigenvalue weighted by atomic mass is 79.9. The summed E-state index contributed by atoms with van der Waals surface area (Å²) >= 11 is 3.55. The summed E-state index contributed by atoms with van der Waals surface area (Å²) in [6.07, 6.45) is 2.05. The molecule has 0 bridgehead atoms. The lowest BCUT2D eigenvalue weighted by Gasteiger charge is -2.18. The SMILES string of the molecule is CCNC(Cc1cccc(Br)c1)Cc1c(C)nn(C)c1C. The molecule has 114 valence electrons. The van der Waals surface area contributed by atoms with Gasteiger partial charge in [-0.05, 0) is 56.5 Å². The van der Waals surface area contributed by atoms with Crippen molar-refractivity contribution in [3.63, 3.8) is 0 Å². The van der Waals surface area contributed by atoms with E-state index in [1.807, 2.05) is 11.7 Å². The van der Waals surface area contributed by atoms with E-state index in [0.29, 0.717) is 6.04 Å². The van der Waals surface area contributed by atoms with Crippen molar-refractivity contribution in [3.8, 4) is 0 Å². The van der Waals surface area contributed by atoms with Crippen LogP contribution in [0.1, 0.15) is 29.4 Å². The van der Waals surface area contributed by atoms with Gasteiger partial charge in [-0.2, -0.15) is 5.10 Å². The summed E-state index contributed by atoms with van der Waals surface area (Å²) in [6, 6.07) is 9.00. The minimum atomic E-state index is 0.436. The molecule has 1 heterocycles. The summed E-state index contributed by atoms with van der Waals surface area (Å²) in [6.45, 7) is 7.40. The van der Waals surface area contributed by atoms with E-state index in [1.54, 1.807) is 0 Å². The van der Waals surface area contributed by atoms with Gasteiger partial charge in [-0.3, -0.25) is 4.68 Å². The first-order valence-electron chi connectivity index (χ1n) is 7.48. The summed E-state index contributed by atoms with van der Waals surface area (Å²) < 4.78 is 3.12. The highest BCUT2D eigenvalue weighted by Crippen LogP contribution is 2.18. The Bertz CT molecular complexity index is 604. The molecule has 0 radical (unpaired) electrons. The number of aromatic nitrogens is 2. The summed E-state index contributed by atoms with van der Waals surface area (Å²) in [5.41, 5.74) is 5.14. The highest BCUT2D eigenvalue weighted by Gasteiger charge is 2.16. The molecule has 0 saturated heterocycles. The number of nitrogens with one attached hydrogen (secondary N) is 1. The van der Waals surface area contributed by atoms with Crippen molar-refractivity contribution >= 4 is 15.9 Å². The van der Waals surface area contributed by atoms with Crippen LogP contribution in [0.4, 0.5) is 0 Å². The lowest BCUT2D eigenvalue weighted by atomic mass is 9.98. The Labute approximate surface area is 135 Å². The molecule has 0 aliphatic rings. The largest absolute Gasteiger partial charge is 0.314 e. The van der Waals surface area contributed by atoms with Gasteiger partial charge in [0.15, 0.2) is 0 Å². The van der Waals surface area contributed by atoms with Crippen LogP contribution < -0.4 is 5.32 Å². The van der Waals surface area contributed by atoms with Gasteiger partial charge in [0.1, 0.15) is 0 Å². The van der Waals surface area contributed by atoms with Crippen LogP contribution in [0.25, 0.3) is 0 Å². The maximum atomic E-state index is 4.53. The molecule has 2 rings (SSSR count). The number of nitrogens with zero attached hydrogens (tertiary/aromatic N) is 2. The Morgan fingerprint density at radius 1 is 1.29 bits per heavy atom. The number of likely N-dealkylation sites (N-methyl/N-ethyl adjacent to an activating group) is 1. The monoisotopic (exact) mass is 349 g/mol. The van der Waals surface area contributed by atoms with Gasteiger partial charge in [0, 0.05) is 23.3 Å². The third kappa shape index (κ3) is 4.17. The molecule has 0 aliphatic carbocycles. The molecule has 0 saturated carbocycles. The molecule has 0 spiro atoms. The molecular formula is C17H24BrN3. The van der Waals surface area contributed by atoms with E-state index < -0.39 is 0 Å². The predicted molar refractivity (Wildman–Crippen MR) is 91.7 cm³/mol. The molecule has 0 aliphatic heterocycles. The van der Waals surface area contributed by atoms with Crippen molar-refractivity contribution in [1.82, 2.24) is 15.1 Å². The molecular weight excluding hydrogens is 326 g/mol. The average Bonchev–Trinajstić information content (AvgIpc) is 2.66. The van der Waals surface area contributed by atoms with E-state index in [4.69, 9.17) is 0 Å². The van der Waals surface area contributed by atoms with Gasteiger partial charge in [0.25, 0.3) is 0 Å². The first kappa shape index (κ1) is 16.2. The Hall–Kier alpha value is -1.13. The molecule has 4 heteroatoms. The fraction of sp³-hybridized carbons (Fsp3) is 0.471. The molecule has 1 N–H and O–H groups in total. The Kier molecular flexibility index (Phi) is 5.59. The minimum Gasteiger partial charge on any atom is -0.314 e. The van der Waals surface area contributed by atoms with E-state index >= 15 is 0 Å². The van der Waals surface area contributed by atoms with Gasteiger partial charge in [0.05, 0.1) is 5.69 Å². The first-order valence-corrected chi connectivity index (χ1v) is 8.27. The molecule has 0 fully saturated rings. The maximum Gasteiger partial charge on any atom is 0.0628 e. The van der Waals surface area contributed by atoms with E-state index in [0.717, 1.165) is 29.6 Å². The second kappa shape index (κ2) is 7.23. The summed E-state index contributed by atoms with van der Waals surface area (Å²) in [5.74, 6) is 0. The quantitative estimate of drug-likeness (QED) is 0.863. The molecule has 21 heavy (non-hydrogen) atoms. The van der Waals surface area contributed by atoms with Crippen molar-refractivity contribution in [3.05, 3.63) is 51.3 Å². The van der Waals surface area contributed by atoms with E-state index in [1.165, 1.54) is 16.8 Å². The number of hydrogen-bond donors (Lipinski definition) is 1. The van der Waals surface area contributed by atoms with Crippen LogP contribution in [0, 0.1) is 13.8 Å². The summed E-state index contributed by atoms with van der Waals surface area (Å²) in [5, 5.41) is 8.14. The highest BCUT2D eigenvalue weighted by molar-refractivity contribution is 9.10. The Morgan fingerprint density at radius 2 is 2.05 bits per heavy atom. The normalized spacial score (nSPS) is 12.6. The van der Waals surface area contributed by atoms with E-state index in [-0.39, 0.29) is 0 Å². The zero-order valence-corrected chi connectivity index (χ0v) is 14.9. The molecule has 2 aromatic rings. The molecule has 1 unspecified atom stereocenters. The average molecular weight is 350 g/mol. The zero-order chi connectivity index (χ0) is 15.4. The molecule has 3 nitrogen and oxygen atoms in total. The van der Waals surface area contributed by atoms with Crippen LogP contribution in [0.3, 0.4) is 0 Å². The van der Waals surface area contributed by atoms with Crippen molar-refractivity contribution in [1.29, 1.82) is 0 Å². The second-order valence-electron chi connectivity index (χ2n) is 5.57. The van der Waals surface area contributed by atoms with Crippen LogP contribution >= 0.6 is 15.9 Å².